The standard InChI is InChI=1S/C11H24N2O/c1-4-13-7-5-6-11(13)8-12-10(2)9-14-3/h10-12H,4-9H2,1-3H3/t10-,11-/m1/s1. The number of rotatable bonds is 6. The third-order valence-electron chi connectivity index (χ3n) is 3.02. The number of methoxy groups -OCH3 is 1. The van der Waals surface area contributed by atoms with Gasteiger partial charge < -0.3 is 10.1 Å². The van der Waals surface area contributed by atoms with Crippen molar-refractivity contribution in [3.05, 3.63) is 0 Å². The quantitative estimate of drug-likeness (QED) is 0.695. The molecule has 3 nitrogen and oxygen atoms in total. The van der Waals surface area contributed by atoms with Gasteiger partial charge in [0.15, 0.2) is 0 Å². The highest BCUT2D eigenvalue weighted by molar-refractivity contribution is 4.80. The average molecular weight is 200 g/mol. The van der Waals surface area contributed by atoms with E-state index in [0.717, 1.165) is 19.2 Å². The summed E-state index contributed by atoms with van der Waals surface area (Å²) in [6, 6.07) is 1.22. The lowest BCUT2D eigenvalue weighted by molar-refractivity contribution is 0.165. The van der Waals surface area contributed by atoms with E-state index >= 15 is 0 Å². The number of nitrogens with zero attached hydrogens (tertiary/aromatic N) is 1. The van der Waals surface area contributed by atoms with Gasteiger partial charge in [-0.3, -0.25) is 4.90 Å². The van der Waals surface area contributed by atoms with Crippen LogP contribution in [0.25, 0.3) is 0 Å². The summed E-state index contributed by atoms with van der Waals surface area (Å²) in [7, 11) is 1.76. The Balaban J connectivity index is 2.16. The maximum Gasteiger partial charge on any atom is 0.0613 e. The lowest BCUT2D eigenvalue weighted by Gasteiger charge is -2.24. The summed E-state index contributed by atoms with van der Waals surface area (Å²) >= 11 is 0. The van der Waals surface area contributed by atoms with Crippen LogP contribution in [0.1, 0.15) is 26.7 Å². The van der Waals surface area contributed by atoms with Gasteiger partial charge in [-0.15, -0.1) is 0 Å². The van der Waals surface area contributed by atoms with Gasteiger partial charge in [-0.2, -0.15) is 0 Å². The van der Waals surface area contributed by atoms with Crippen LogP contribution in [0.2, 0.25) is 0 Å². The lowest BCUT2D eigenvalue weighted by Crippen LogP contribution is -2.42. The molecule has 1 N–H and O–H groups in total. The Labute approximate surface area is 87.8 Å². The molecule has 0 saturated carbocycles. The fourth-order valence-electron chi connectivity index (χ4n) is 2.19. The van der Waals surface area contributed by atoms with Crippen LogP contribution >= 0.6 is 0 Å². The number of nitrogens with one attached hydrogen (secondary N) is 1. The number of hydrogen-bond donors (Lipinski definition) is 1. The Morgan fingerprint density at radius 1 is 1.57 bits per heavy atom. The molecule has 14 heavy (non-hydrogen) atoms. The third-order valence-corrected chi connectivity index (χ3v) is 3.02. The van der Waals surface area contributed by atoms with E-state index in [-0.39, 0.29) is 0 Å². The molecular formula is C11H24N2O. The zero-order valence-corrected chi connectivity index (χ0v) is 9.75. The molecular weight excluding hydrogens is 176 g/mol. The first kappa shape index (κ1) is 12.0. The van der Waals surface area contributed by atoms with Crippen molar-refractivity contribution < 1.29 is 4.74 Å². The summed E-state index contributed by atoms with van der Waals surface area (Å²) in [5.41, 5.74) is 0. The van der Waals surface area contributed by atoms with E-state index in [0.29, 0.717) is 6.04 Å². The lowest BCUT2D eigenvalue weighted by atomic mass is 10.2. The van der Waals surface area contributed by atoms with Gasteiger partial charge in [-0.25, -0.2) is 0 Å². The van der Waals surface area contributed by atoms with Gasteiger partial charge in [-0.1, -0.05) is 6.92 Å². The van der Waals surface area contributed by atoms with Gasteiger partial charge in [0.1, 0.15) is 0 Å². The van der Waals surface area contributed by atoms with Gasteiger partial charge in [0, 0.05) is 25.7 Å². The fraction of sp³-hybridized carbons (Fsp3) is 1.00. The van der Waals surface area contributed by atoms with Crippen LogP contribution in [0, 0.1) is 0 Å². The van der Waals surface area contributed by atoms with E-state index < -0.39 is 0 Å². The zero-order valence-electron chi connectivity index (χ0n) is 9.75. The van der Waals surface area contributed by atoms with E-state index in [1.165, 1.54) is 25.9 Å². The van der Waals surface area contributed by atoms with Crippen LogP contribution in [0.4, 0.5) is 0 Å². The average Bonchev–Trinajstić information content (AvgIpc) is 2.62. The molecule has 0 amide bonds. The molecule has 3 heteroatoms. The van der Waals surface area contributed by atoms with Crippen LogP contribution in [0.3, 0.4) is 0 Å². The molecule has 0 unspecified atom stereocenters. The summed E-state index contributed by atoms with van der Waals surface area (Å²) in [6.07, 6.45) is 2.71. The molecule has 0 aliphatic carbocycles. The van der Waals surface area contributed by atoms with Gasteiger partial charge in [-0.05, 0) is 32.9 Å². The molecule has 0 aromatic rings. The first-order valence-corrected chi connectivity index (χ1v) is 5.74. The second-order valence-corrected chi connectivity index (χ2v) is 4.19. The first-order valence-electron chi connectivity index (χ1n) is 5.74. The maximum absolute atomic E-state index is 5.10. The number of likely N-dealkylation sites (tertiary alicyclic amines) is 1. The smallest absolute Gasteiger partial charge is 0.0613 e. The molecule has 1 saturated heterocycles. The molecule has 2 atom stereocenters. The summed E-state index contributed by atoms with van der Waals surface area (Å²) in [6.45, 7) is 8.80. The SMILES string of the molecule is CCN1CCC[C@@H]1CN[C@H](C)COC. The third kappa shape index (κ3) is 3.56. The minimum Gasteiger partial charge on any atom is -0.383 e. The predicted molar refractivity (Wildman–Crippen MR) is 59.6 cm³/mol. The highest BCUT2D eigenvalue weighted by Crippen LogP contribution is 2.15. The fourth-order valence-corrected chi connectivity index (χ4v) is 2.19. The molecule has 1 fully saturated rings. The minimum absolute atomic E-state index is 0.472. The highest BCUT2D eigenvalue weighted by atomic mass is 16.5. The first-order chi connectivity index (χ1) is 6.77. The molecule has 1 aliphatic rings. The van der Waals surface area contributed by atoms with Crippen molar-refractivity contribution in [3.63, 3.8) is 0 Å². The monoisotopic (exact) mass is 200 g/mol. The second-order valence-electron chi connectivity index (χ2n) is 4.19. The summed E-state index contributed by atoms with van der Waals surface area (Å²) < 4.78 is 5.10. The molecule has 0 spiro atoms. The number of ether oxygens (including phenoxy) is 1. The second kappa shape index (κ2) is 6.38. The molecule has 0 radical (unpaired) electrons. The van der Waals surface area contributed by atoms with E-state index in [1.54, 1.807) is 7.11 Å². The summed E-state index contributed by atoms with van der Waals surface area (Å²) in [5, 5.41) is 3.52. The van der Waals surface area contributed by atoms with Crippen LogP contribution in [0.5, 0.6) is 0 Å². The van der Waals surface area contributed by atoms with Crippen LogP contribution in [0.15, 0.2) is 0 Å². The molecule has 0 aromatic heterocycles. The van der Waals surface area contributed by atoms with E-state index in [1.807, 2.05) is 0 Å². The van der Waals surface area contributed by atoms with E-state index in [2.05, 4.69) is 24.1 Å². The van der Waals surface area contributed by atoms with Crippen molar-refractivity contribution in [2.24, 2.45) is 0 Å². The number of likely N-dealkylation sites (N-methyl/N-ethyl adjacent to an activating group) is 1. The Hall–Kier alpha value is -0.120. The van der Waals surface area contributed by atoms with Crippen molar-refractivity contribution in [1.82, 2.24) is 10.2 Å². The van der Waals surface area contributed by atoms with Crippen molar-refractivity contribution >= 4 is 0 Å². The van der Waals surface area contributed by atoms with E-state index in [4.69, 9.17) is 4.74 Å². The Bertz CT molecular complexity index is 152. The van der Waals surface area contributed by atoms with Crippen LogP contribution < -0.4 is 5.32 Å². The van der Waals surface area contributed by atoms with Crippen molar-refractivity contribution in [3.8, 4) is 0 Å². The van der Waals surface area contributed by atoms with Gasteiger partial charge in [0.05, 0.1) is 6.61 Å². The van der Waals surface area contributed by atoms with E-state index in [9.17, 15) is 0 Å². The van der Waals surface area contributed by atoms with Gasteiger partial charge in [0.25, 0.3) is 0 Å². The molecule has 1 heterocycles. The maximum atomic E-state index is 5.10. The normalized spacial score (nSPS) is 25.5. The van der Waals surface area contributed by atoms with Crippen molar-refractivity contribution in [1.29, 1.82) is 0 Å². The van der Waals surface area contributed by atoms with Gasteiger partial charge in [0.2, 0.25) is 0 Å². The molecule has 1 aliphatic heterocycles. The van der Waals surface area contributed by atoms with Crippen molar-refractivity contribution in [2.45, 2.75) is 38.8 Å². The van der Waals surface area contributed by atoms with Crippen LogP contribution in [-0.2, 0) is 4.74 Å². The molecule has 0 aromatic carbocycles. The zero-order chi connectivity index (χ0) is 10.4. The Kier molecular flexibility index (Phi) is 5.45. The summed E-state index contributed by atoms with van der Waals surface area (Å²) in [4.78, 5) is 2.56. The Morgan fingerprint density at radius 2 is 2.36 bits per heavy atom. The predicted octanol–water partition coefficient (Wildman–Crippen LogP) is 1.10. The molecule has 0 bridgehead atoms. The molecule has 84 valence electrons. The highest BCUT2D eigenvalue weighted by Gasteiger charge is 2.22. The largest absolute Gasteiger partial charge is 0.383 e. The van der Waals surface area contributed by atoms with Crippen molar-refractivity contribution in [2.75, 3.05) is 33.4 Å². The minimum atomic E-state index is 0.472. The topological polar surface area (TPSA) is 24.5 Å². The summed E-state index contributed by atoms with van der Waals surface area (Å²) in [5.74, 6) is 0. The Morgan fingerprint density at radius 3 is 3.00 bits per heavy atom. The number of hydrogen-bond acceptors (Lipinski definition) is 3. The van der Waals surface area contributed by atoms with Crippen LogP contribution in [-0.4, -0.2) is 50.3 Å². The molecule has 1 rings (SSSR count). The van der Waals surface area contributed by atoms with Gasteiger partial charge >= 0.3 is 0 Å².